The van der Waals surface area contributed by atoms with Crippen LogP contribution in [0.2, 0.25) is 0 Å². The molecule has 0 aliphatic carbocycles. The maximum atomic E-state index is 12.7. The zero-order valence-electron chi connectivity index (χ0n) is 12.2. The third-order valence-corrected chi connectivity index (χ3v) is 6.27. The van der Waals surface area contributed by atoms with Gasteiger partial charge in [-0.05, 0) is 28.9 Å². The van der Waals surface area contributed by atoms with Crippen molar-refractivity contribution < 1.29 is 13.2 Å². The Labute approximate surface area is 133 Å². The molecule has 2 heterocycles. The highest BCUT2D eigenvalue weighted by Crippen LogP contribution is 2.23. The molecule has 8 nitrogen and oxygen atoms in total. The summed E-state index contributed by atoms with van der Waals surface area (Å²) in [6.45, 7) is 4.02. The Morgan fingerprint density at radius 3 is 2.67 bits per heavy atom. The third kappa shape index (κ3) is 3.81. The minimum atomic E-state index is -3.58. The predicted molar refractivity (Wildman–Crippen MR) is 80.4 cm³/mol. The number of methoxy groups -OCH3 is 1. The molecule has 2 rings (SSSR count). The lowest BCUT2D eigenvalue weighted by molar-refractivity contribution is 0.151. The monoisotopic (exact) mass is 381 g/mol. The van der Waals surface area contributed by atoms with Crippen molar-refractivity contribution in [1.82, 2.24) is 24.2 Å². The van der Waals surface area contributed by atoms with Gasteiger partial charge >= 0.3 is 0 Å². The Hall–Kier alpha value is -0.550. The first-order chi connectivity index (χ1) is 9.96. The standard InChI is InChI=1S/C11H20BrN5O3S/c1-15-11(10(12)13-14-15)21(18,19)17-5-3-4-16(6-7-17)8-9-20-2/h3-9H2,1-2H3. The van der Waals surface area contributed by atoms with E-state index in [1.165, 1.54) is 8.99 Å². The first-order valence-electron chi connectivity index (χ1n) is 6.73. The second-order valence-corrected chi connectivity index (χ2v) is 7.51. The van der Waals surface area contributed by atoms with Crippen molar-refractivity contribution in [2.24, 2.45) is 7.05 Å². The van der Waals surface area contributed by atoms with Crippen LogP contribution in [0.5, 0.6) is 0 Å². The summed E-state index contributed by atoms with van der Waals surface area (Å²) in [6.07, 6.45) is 0.797. The molecule has 1 saturated heterocycles. The lowest BCUT2D eigenvalue weighted by Gasteiger charge is -2.21. The fraction of sp³-hybridized carbons (Fsp3) is 0.818. The van der Waals surface area contributed by atoms with Gasteiger partial charge in [0.25, 0.3) is 10.0 Å². The zero-order valence-corrected chi connectivity index (χ0v) is 14.6. The average Bonchev–Trinajstić information content (AvgIpc) is 2.66. The number of rotatable bonds is 5. The molecule has 0 aromatic carbocycles. The number of aryl methyl sites for hydroxylation is 1. The molecule has 1 aromatic heterocycles. The minimum absolute atomic E-state index is 0.104. The van der Waals surface area contributed by atoms with E-state index in [4.69, 9.17) is 4.74 Å². The quantitative estimate of drug-likeness (QED) is 0.709. The van der Waals surface area contributed by atoms with Gasteiger partial charge in [-0.25, -0.2) is 13.1 Å². The van der Waals surface area contributed by atoms with Crippen molar-refractivity contribution in [1.29, 1.82) is 0 Å². The summed E-state index contributed by atoms with van der Waals surface area (Å²) in [4.78, 5) is 2.22. The molecule has 0 spiro atoms. The van der Waals surface area contributed by atoms with Crippen LogP contribution in [-0.2, 0) is 21.8 Å². The van der Waals surface area contributed by atoms with Crippen LogP contribution in [-0.4, -0.2) is 79.1 Å². The highest BCUT2D eigenvalue weighted by molar-refractivity contribution is 9.10. The van der Waals surface area contributed by atoms with Gasteiger partial charge < -0.3 is 4.74 Å². The van der Waals surface area contributed by atoms with Gasteiger partial charge in [0, 0.05) is 40.3 Å². The minimum Gasteiger partial charge on any atom is -0.383 e. The van der Waals surface area contributed by atoms with Crippen molar-refractivity contribution >= 4 is 26.0 Å². The van der Waals surface area contributed by atoms with Crippen molar-refractivity contribution in [3.05, 3.63) is 4.60 Å². The summed E-state index contributed by atoms with van der Waals surface area (Å²) in [5, 5.41) is 7.60. The Kier molecular flexibility index (Phi) is 5.72. The lowest BCUT2D eigenvalue weighted by atomic mass is 10.4. The van der Waals surface area contributed by atoms with Crippen molar-refractivity contribution in [2.75, 3.05) is 46.4 Å². The summed E-state index contributed by atoms with van der Waals surface area (Å²) in [5.74, 6) is 0. The molecule has 120 valence electrons. The maximum Gasteiger partial charge on any atom is 0.263 e. The molecule has 0 atom stereocenters. The Balaban J connectivity index is 2.11. The highest BCUT2D eigenvalue weighted by atomic mass is 79.9. The summed E-state index contributed by atoms with van der Waals surface area (Å²) in [7, 11) is -0.336. The molecular weight excluding hydrogens is 362 g/mol. The molecule has 0 N–H and O–H groups in total. The number of ether oxygens (including phenoxy) is 1. The van der Waals surface area contributed by atoms with Crippen LogP contribution in [0, 0.1) is 0 Å². The average molecular weight is 382 g/mol. The van der Waals surface area contributed by atoms with E-state index < -0.39 is 10.0 Å². The maximum absolute atomic E-state index is 12.7. The summed E-state index contributed by atoms with van der Waals surface area (Å²) in [6, 6.07) is 0. The van der Waals surface area contributed by atoms with Crippen LogP contribution in [0.25, 0.3) is 0 Å². The van der Waals surface area contributed by atoms with Gasteiger partial charge in [-0.2, -0.15) is 4.31 Å². The number of hydrogen-bond donors (Lipinski definition) is 0. The molecule has 0 saturated carbocycles. The van der Waals surface area contributed by atoms with Crippen LogP contribution in [0.4, 0.5) is 0 Å². The van der Waals surface area contributed by atoms with E-state index in [9.17, 15) is 8.42 Å². The second-order valence-electron chi connectivity index (χ2n) is 4.90. The van der Waals surface area contributed by atoms with Gasteiger partial charge in [0.15, 0.2) is 4.60 Å². The molecule has 1 aliphatic rings. The van der Waals surface area contributed by atoms with Crippen molar-refractivity contribution in [3.8, 4) is 0 Å². The number of aromatic nitrogens is 3. The molecule has 1 aliphatic heterocycles. The van der Waals surface area contributed by atoms with Gasteiger partial charge in [0.1, 0.15) is 0 Å². The first kappa shape index (κ1) is 16.8. The highest BCUT2D eigenvalue weighted by Gasteiger charge is 2.32. The molecule has 0 bridgehead atoms. The van der Waals surface area contributed by atoms with E-state index >= 15 is 0 Å². The van der Waals surface area contributed by atoms with E-state index in [1.807, 2.05) is 0 Å². The molecule has 0 radical (unpaired) electrons. The second kappa shape index (κ2) is 7.14. The number of nitrogens with zero attached hydrogens (tertiary/aromatic N) is 5. The van der Waals surface area contributed by atoms with E-state index in [0.29, 0.717) is 26.2 Å². The van der Waals surface area contributed by atoms with Crippen LogP contribution < -0.4 is 0 Å². The SMILES string of the molecule is COCCN1CCCN(S(=O)(=O)c2c(Br)nnn2C)CC1. The predicted octanol–water partition coefficient (Wildman–Crippen LogP) is -0.0796. The smallest absolute Gasteiger partial charge is 0.263 e. The van der Waals surface area contributed by atoms with Gasteiger partial charge in [0.2, 0.25) is 5.03 Å². The Bertz CT molecular complexity index is 557. The molecule has 1 aromatic rings. The molecular formula is C11H20BrN5O3S. The third-order valence-electron chi connectivity index (χ3n) is 3.48. The number of sulfonamides is 1. The van der Waals surface area contributed by atoms with E-state index in [0.717, 1.165) is 19.5 Å². The topological polar surface area (TPSA) is 80.6 Å². The fourth-order valence-corrected chi connectivity index (χ4v) is 4.85. The van der Waals surface area contributed by atoms with Gasteiger partial charge in [0.05, 0.1) is 6.61 Å². The van der Waals surface area contributed by atoms with Crippen LogP contribution in [0.1, 0.15) is 6.42 Å². The Morgan fingerprint density at radius 1 is 1.29 bits per heavy atom. The summed E-state index contributed by atoms with van der Waals surface area (Å²) in [5.41, 5.74) is 0. The van der Waals surface area contributed by atoms with E-state index in [-0.39, 0.29) is 9.63 Å². The fourth-order valence-electron chi connectivity index (χ4n) is 2.35. The lowest BCUT2D eigenvalue weighted by Crippen LogP contribution is -2.36. The number of halogens is 1. The van der Waals surface area contributed by atoms with Gasteiger partial charge in [-0.1, -0.05) is 5.21 Å². The number of hydrogen-bond acceptors (Lipinski definition) is 6. The molecule has 1 fully saturated rings. The molecule has 21 heavy (non-hydrogen) atoms. The first-order valence-corrected chi connectivity index (χ1v) is 8.96. The van der Waals surface area contributed by atoms with Crippen LogP contribution in [0.15, 0.2) is 9.63 Å². The largest absolute Gasteiger partial charge is 0.383 e. The van der Waals surface area contributed by atoms with Crippen LogP contribution in [0.3, 0.4) is 0 Å². The van der Waals surface area contributed by atoms with Crippen LogP contribution >= 0.6 is 15.9 Å². The Morgan fingerprint density at radius 2 is 2.05 bits per heavy atom. The zero-order chi connectivity index (χ0) is 15.5. The molecule has 0 unspecified atom stereocenters. The van der Waals surface area contributed by atoms with E-state index in [2.05, 4.69) is 31.1 Å². The molecule has 10 heteroatoms. The van der Waals surface area contributed by atoms with Crippen molar-refractivity contribution in [3.63, 3.8) is 0 Å². The van der Waals surface area contributed by atoms with E-state index in [1.54, 1.807) is 14.2 Å². The normalized spacial score (nSPS) is 18.8. The van der Waals surface area contributed by atoms with Gasteiger partial charge in [-0.3, -0.25) is 4.90 Å². The van der Waals surface area contributed by atoms with Crippen molar-refractivity contribution in [2.45, 2.75) is 11.4 Å². The summed E-state index contributed by atoms with van der Waals surface area (Å²) >= 11 is 3.16. The molecule has 0 amide bonds. The van der Waals surface area contributed by atoms with Gasteiger partial charge in [-0.15, -0.1) is 5.10 Å². The summed E-state index contributed by atoms with van der Waals surface area (Å²) < 4.78 is 33.5.